The Balaban J connectivity index is 1.92. The maximum Gasteiger partial charge on any atom is 0.350 e. The van der Waals surface area contributed by atoms with Crippen LogP contribution in [0.1, 0.15) is 49.4 Å². The van der Waals surface area contributed by atoms with Crippen molar-refractivity contribution in [3.8, 4) is 0 Å². The highest BCUT2D eigenvalue weighted by atomic mass is 35.5. The third-order valence-corrected chi connectivity index (χ3v) is 5.82. The Morgan fingerprint density at radius 3 is 2.32 bits per heavy atom. The third kappa shape index (κ3) is 4.86. The first-order chi connectivity index (χ1) is 15.8. The minimum atomic E-state index is -1.07. The zero-order valence-electron chi connectivity index (χ0n) is 20.0. The van der Waals surface area contributed by atoms with Gasteiger partial charge in [-0.1, -0.05) is 11.6 Å². The van der Waals surface area contributed by atoms with Crippen LogP contribution in [0.2, 0.25) is 5.02 Å². The van der Waals surface area contributed by atoms with Gasteiger partial charge in [0.1, 0.15) is 11.9 Å². The van der Waals surface area contributed by atoms with E-state index in [0.717, 1.165) is 17.6 Å². The summed E-state index contributed by atoms with van der Waals surface area (Å²) in [5.41, 5.74) is 4.30. The topological polar surface area (TPSA) is 110 Å². The number of Topliss-reactive ketones (excluding diaryl/α,β-unsaturated/α-hetero) is 1. The van der Waals surface area contributed by atoms with Crippen LogP contribution in [-0.4, -0.2) is 35.7 Å². The Morgan fingerprint density at radius 2 is 1.76 bits per heavy atom. The lowest BCUT2D eigenvalue weighted by atomic mass is 9.97. The molecule has 0 spiro atoms. The van der Waals surface area contributed by atoms with Gasteiger partial charge in [0.25, 0.3) is 0 Å². The SMILES string of the molecule is CC[N+]1([O-])C=C(C(=O)OCOC(=O)C(C)(C)C)C(=O)c2cc(Nn3c(C)ccc3C)c(Cl)cc21. The molecule has 0 fully saturated rings. The molecule has 1 aliphatic rings. The van der Waals surface area contributed by atoms with Gasteiger partial charge < -0.3 is 19.3 Å². The number of carbonyl (C=O) groups is 3. The minimum Gasteiger partial charge on any atom is -0.622 e. The lowest BCUT2D eigenvalue weighted by molar-refractivity contribution is -0.170. The highest BCUT2D eigenvalue weighted by molar-refractivity contribution is 6.34. The summed E-state index contributed by atoms with van der Waals surface area (Å²) in [6.45, 7) is 9.72. The summed E-state index contributed by atoms with van der Waals surface area (Å²) < 4.78 is 10.6. The van der Waals surface area contributed by atoms with Gasteiger partial charge >= 0.3 is 11.9 Å². The quantitative estimate of drug-likeness (QED) is 0.207. The first kappa shape index (κ1) is 25.5. The number of aryl methyl sites for hydroxylation is 2. The van der Waals surface area contributed by atoms with Crippen LogP contribution in [0.4, 0.5) is 11.4 Å². The monoisotopic (exact) mass is 489 g/mol. The van der Waals surface area contributed by atoms with E-state index >= 15 is 0 Å². The van der Waals surface area contributed by atoms with Crippen molar-refractivity contribution in [2.24, 2.45) is 5.41 Å². The molecule has 0 saturated carbocycles. The molecular formula is C24H28ClN3O6. The van der Waals surface area contributed by atoms with E-state index in [2.05, 4.69) is 5.43 Å². The van der Waals surface area contributed by atoms with Gasteiger partial charge in [-0.05, 0) is 59.7 Å². The number of rotatable bonds is 6. The van der Waals surface area contributed by atoms with Crippen molar-refractivity contribution < 1.29 is 23.9 Å². The van der Waals surface area contributed by atoms with Gasteiger partial charge in [-0.25, -0.2) is 4.79 Å². The van der Waals surface area contributed by atoms with Crippen LogP contribution in [0.3, 0.4) is 0 Å². The van der Waals surface area contributed by atoms with Crippen molar-refractivity contribution in [1.29, 1.82) is 0 Å². The van der Waals surface area contributed by atoms with Crippen LogP contribution in [0, 0.1) is 24.5 Å². The summed E-state index contributed by atoms with van der Waals surface area (Å²) >= 11 is 6.45. The number of hydroxylamine groups is 2. The zero-order chi connectivity index (χ0) is 25.4. The van der Waals surface area contributed by atoms with E-state index in [-0.39, 0.29) is 22.8 Å². The van der Waals surface area contributed by atoms with Crippen molar-refractivity contribution in [2.45, 2.75) is 41.5 Å². The second-order valence-corrected chi connectivity index (χ2v) is 9.53. The normalized spacial score (nSPS) is 17.6. The van der Waals surface area contributed by atoms with Crippen LogP contribution in [0.15, 0.2) is 36.0 Å². The molecule has 0 saturated heterocycles. The summed E-state index contributed by atoms with van der Waals surface area (Å²) in [4.78, 5) is 37.7. The molecule has 1 N–H and O–H groups in total. The van der Waals surface area contributed by atoms with Gasteiger partial charge in [0.2, 0.25) is 12.6 Å². The average molecular weight is 490 g/mol. The Bertz CT molecular complexity index is 1170. The molecule has 0 amide bonds. The standard InChI is InChI=1S/C24H28ClN3O6/c1-7-28(32)12-17(22(30)33-13-34-23(31)24(4,5)6)21(29)16-10-19(18(25)11-20(16)28)26-27-14(2)8-9-15(27)3/h8-12,26H,7,13H2,1-6H3. The zero-order valence-corrected chi connectivity index (χ0v) is 20.8. The molecule has 0 bridgehead atoms. The van der Waals surface area contributed by atoms with E-state index in [1.54, 1.807) is 32.4 Å². The molecule has 1 aromatic carbocycles. The van der Waals surface area contributed by atoms with Gasteiger partial charge in [-0.15, -0.1) is 0 Å². The molecule has 2 aromatic rings. The molecule has 34 heavy (non-hydrogen) atoms. The fourth-order valence-electron chi connectivity index (χ4n) is 3.43. The fraction of sp³-hybridized carbons (Fsp3) is 0.375. The smallest absolute Gasteiger partial charge is 0.350 e. The number of quaternary nitrogens is 1. The van der Waals surface area contributed by atoms with E-state index < -0.39 is 40.1 Å². The van der Waals surface area contributed by atoms with Crippen molar-refractivity contribution in [1.82, 2.24) is 9.32 Å². The molecular weight excluding hydrogens is 462 g/mol. The lowest BCUT2D eigenvalue weighted by Gasteiger charge is -2.41. The third-order valence-electron chi connectivity index (χ3n) is 5.51. The second kappa shape index (κ2) is 9.25. The first-order valence-corrected chi connectivity index (χ1v) is 11.1. The Labute approximate surface area is 203 Å². The Kier molecular flexibility index (Phi) is 6.93. The summed E-state index contributed by atoms with van der Waals surface area (Å²) in [7, 11) is 0. The minimum absolute atomic E-state index is 0.00892. The Morgan fingerprint density at radius 1 is 1.15 bits per heavy atom. The van der Waals surface area contributed by atoms with Gasteiger partial charge in [0.05, 0.1) is 28.2 Å². The maximum atomic E-state index is 13.5. The number of hydrogen-bond donors (Lipinski definition) is 1. The van der Waals surface area contributed by atoms with Crippen molar-refractivity contribution >= 4 is 40.7 Å². The average Bonchev–Trinajstić information content (AvgIpc) is 3.08. The molecule has 0 radical (unpaired) electrons. The van der Waals surface area contributed by atoms with E-state index in [4.69, 9.17) is 21.1 Å². The lowest BCUT2D eigenvalue weighted by Crippen LogP contribution is -2.43. The number of benzene rings is 1. The summed E-state index contributed by atoms with van der Waals surface area (Å²) in [5.74, 6) is -2.30. The second-order valence-electron chi connectivity index (χ2n) is 9.13. The number of fused-ring (bicyclic) bond motifs is 1. The highest BCUT2D eigenvalue weighted by Gasteiger charge is 2.38. The molecule has 1 atom stereocenters. The van der Waals surface area contributed by atoms with Gasteiger partial charge in [-0.3, -0.25) is 19.7 Å². The molecule has 10 heteroatoms. The summed E-state index contributed by atoms with van der Waals surface area (Å²) in [6.07, 6.45) is 1.00. The molecule has 182 valence electrons. The van der Waals surface area contributed by atoms with E-state index in [0.29, 0.717) is 5.69 Å². The van der Waals surface area contributed by atoms with Gasteiger partial charge in [-0.2, -0.15) is 0 Å². The van der Waals surface area contributed by atoms with Crippen LogP contribution in [-0.2, 0) is 19.1 Å². The number of nitrogens with zero attached hydrogens (tertiary/aromatic N) is 2. The summed E-state index contributed by atoms with van der Waals surface area (Å²) in [5, 5.41) is 13.8. The number of halogens is 1. The predicted octanol–water partition coefficient (Wildman–Crippen LogP) is 4.63. The van der Waals surface area contributed by atoms with Crippen molar-refractivity contribution in [3.63, 3.8) is 0 Å². The fourth-order valence-corrected chi connectivity index (χ4v) is 3.63. The van der Waals surface area contributed by atoms with Crippen LogP contribution >= 0.6 is 11.6 Å². The number of hydrogen-bond acceptors (Lipinski definition) is 7. The number of aromatic nitrogens is 1. The molecule has 1 aliphatic heterocycles. The maximum absolute atomic E-state index is 13.5. The van der Waals surface area contributed by atoms with Crippen LogP contribution in [0.5, 0.6) is 0 Å². The van der Waals surface area contributed by atoms with E-state index in [1.807, 2.05) is 26.0 Å². The number of ketones is 1. The van der Waals surface area contributed by atoms with Crippen molar-refractivity contribution in [3.05, 3.63) is 63.2 Å². The van der Waals surface area contributed by atoms with Gasteiger partial charge in [0.15, 0.2) is 5.57 Å². The molecule has 1 unspecified atom stereocenters. The van der Waals surface area contributed by atoms with Gasteiger partial charge in [0, 0.05) is 17.5 Å². The molecule has 2 heterocycles. The summed E-state index contributed by atoms with van der Waals surface area (Å²) in [6, 6.07) is 6.73. The molecule has 1 aromatic heterocycles. The highest BCUT2D eigenvalue weighted by Crippen LogP contribution is 2.40. The predicted molar refractivity (Wildman–Crippen MR) is 129 cm³/mol. The van der Waals surface area contributed by atoms with Crippen molar-refractivity contribution in [2.75, 3.05) is 18.8 Å². The number of esters is 2. The first-order valence-electron chi connectivity index (χ1n) is 10.7. The van der Waals surface area contributed by atoms with Crippen LogP contribution < -0.4 is 10.1 Å². The number of ether oxygens (including phenoxy) is 2. The molecule has 0 aliphatic carbocycles. The van der Waals surface area contributed by atoms with Crippen LogP contribution in [0.25, 0.3) is 0 Å². The van der Waals surface area contributed by atoms with E-state index in [9.17, 15) is 19.6 Å². The Hall–Kier alpha value is -3.14. The molecule has 9 nitrogen and oxygen atoms in total. The van der Waals surface area contributed by atoms with E-state index in [1.165, 1.54) is 12.1 Å². The number of anilines is 1. The molecule has 3 rings (SSSR count). The number of carbonyl (C=O) groups excluding carboxylic acids is 3. The number of nitrogens with one attached hydrogen (secondary N) is 1. The largest absolute Gasteiger partial charge is 0.622 e.